The zero-order valence-corrected chi connectivity index (χ0v) is 7.69. The molecule has 0 bridgehead atoms. The summed E-state index contributed by atoms with van der Waals surface area (Å²) < 4.78 is 6.47. The van der Waals surface area contributed by atoms with Gasteiger partial charge in [-0.3, -0.25) is 4.66 Å². The van der Waals surface area contributed by atoms with Gasteiger partial charge in [0.25, 0.3) is 0 Å². The van der Waals surface area contributed by atoms with E-state index in [2.05, 4.69) is 11.9 Å². The molecule has 0 aromatic rings. The van der Waals surface area contributed by atoms with E-state index in [1.807, 2.05) is 0 Å². The van der Waals surface area contributed by atoms with Gasteiger partial charge in [0.2, 0.25) is 0 Å². The molecular weight excluding hydrogens is 162 g/mol. The maximum atomic E-state index is 6.47. The van der Waals surface area contributed by atoms with Crippen molar-refractivity contribution in [1.82, 2.24) is 0 Å². The summed E-state index contributed by atoms with van der Waals surface area (Å²) in [6.07, 6.45) is 8.50. The topological polar surface area (TPSA) is 46.2 Å². The molecule has 11 heavy (non-hydrogen) atoms. The summed E-state index contributed by atoms with van der Waals surface area (Å²) >= 11 is 3.64. The lowest BCUT2D eigenvalue weighted by molar-refractivity contribution is 0.343. The number of rotatable bonds is 2. The molecule has 0 unspecified atom stereocenters. The van der Waals surface area contributed by atoms with Crippen LogP contribution in [-0.4, -0.2) is 11.2 Å². The van der Waals surface area contributed by atoms with Gasteiger partial charge in [0.05, 0.1) is 11.9 Å². The molecule has 0 spiro atoms. The zero-order valence-electron chi connectivity index (χ0n) is 6.93. The van der Waals surface area contributed by atoms with Gasteiger partial charge in [-0.1, -0.05) is 32.1 Å². The van der Waals surface area contributed by atoms with Crippen LogP contribution in [0.3, 0.4) is 0 Å². The maximum absolute atomic E-state index is 6.47. The standard InChI is InChI=1S/C8H17N.ClHO/c9-7-6-8-4-2-1-3-5-8;1-2/h8H,1-7,9H2;2H. The fourth-order valence-electron chi connectivity index (χ4n) is 1.71. The average molecular weight is 180 g/mol. The minimum Gasteiger partial charge on any atom is -0.330 e. The van der Waals surface area contributed by atoms with Crippen molar-refractivity contribution in [1.29, 1.82) is 0 Å². The van der Waals surface area contributed by atoms with Crippen LogP contribution in [-0.2, 0) is 0 Å². The predicted molar refractivity (Wildman–Crippen MR) is 48.3 cm³/mol. The summed E-state index contributed by atoms with van der Waals surface area (Å²) in [7, 11) is 0. The van der Waals surface area contributed by atoms with Gasteiger partial charge in [-0.2, -0.15) is 0 Å². The first-order valence-electron chi connectivity index (χ1n) is 4.30. The predicted octanol–water partition coefficient (Wildman–Crippen LogP) is 2.05. The third-order valence-corrected chi connectivity index (χ3v) is 2.30. The van der Waals surface area contributed by atoms with E-state index in [4.69, 9.17) is 10.4 Å². The van der Waals surface area contributed by atoms with E-state index >= 15 is 0 Å². The molecule has 0 amide bonds. The Morgan fingerprint density at radius 3 is 2.18 bits per heavy atom. The number of hydrogen-bond acceptors (Lipinski definition) is 2. The highest BCUT2D eigenvalue weighted by molar-refractivity contribution is 6.04. The Kier molecular flexibility index (Phi) is 8.47. The summed E-state index contributed by atoms with van der Waals surface area (Å²) in [5, 5.41) is 0. The van der Waals surface area contributed by atoms with Crippen LogP contribution >= 0.6 is 11.9 Å². The molecule has 3 heteroatoms. The summed E-state index contributed by atoms with van der Waals surface area (Å²) in [6, 6.07) is 0. The Hall–Kier alpha value is 0.210. The van der Waals surface area contributed by atoms with E-state index in [0.29, 0.717) is 0 Å². The van der Waals surface area contributed by atoms with Crippen LogP contribution in [0.4, 0.5) is 0 Å². The second-order valence-corrected chi connectivity index (χ2v) is 3.08. The Labute approximate surface area is 73.9 Å². The van der Waals surface area contributed by atoms with Crippen LogP contribution in [0.1, 0.15) is 38.5 Å². The molecule has 0 aromatic carbocycles. The number of halogens is 1. The number of nitrogens with two attached hydrogens (primary N) is 1. The first kappa shape index (κ1) is 11.2. The molecular formula is C8H18ClNO. The molecule has 1 fully saturated rings. The molecule has 0 aliphatic heterocycles. The third-order valence-electron chi connectivity index (χ3n) is 2.30. The second-order valence-electron chi connectivity index (χ2n) is 3.08. The minimum absolute atomic E-state index is 0.894. The largest absolute Gasteiger partial charge is 0.330 e. The molecule has 1 rings (SSSR count). The molecule has 0 saturated heterocycles. The van der Waals surface area contributed by atoms with Crippen LogP contribution in [0.15, 0.2) is 0 Å². The van der Waals surface area contributed by atoms with Gasteiger partial charge in [0, 0.05) is 0 Å². The van der Waals surface area contributed by atoms with E-state index < -0.39 is 0 Å². The van der Waals surface area contributed by atoms with Crippen molar-refractivity contribution in [3.8, 4) is 0 Å². The first-order chi connectivity index (χ1) is 5.43. The van der Waals surface area contributed by atoms with Crippen LogP contribution in [0.25, 0.3) is 0 Å². The average Bonchev–Trinajstić information content (AvgIpc) is 2.11. The monoisotopic (exact) mass is 179 g/mol. The van der Waals surface area contributed by atoms with Crippen molar-refractivity contribution in [2.24, 2.45) is 11.7 Å². The Balaban J connectivity index is 0.000000461. The van der Waals surface area contributed by atoms with Crippen molar-refractivity contribution in [3.05, 3.63) is 0 Å². The van der Waals surface area contributed by atoms with Gasteiger partial charge in [0.15, 0.2) is 0 Å². The van der Waals surface area contributed by atoms with E-state index in [1.165, 1.54) is 38.5 Å². The van der Waals surface area contributed by atoms with Crippen molar-refractivity contribution < 1.29 is 4.66 Å². The van der Waals surface area contributed by atoms with E-state index in [9.17, 15) is 0 Å². The highest BCUT2D eigenvalue weighted by atomic mass is 35.5. The molecule has 68 valence electrons. The van der Waals surface area contributed by atoms with Gasteiger partial charge in [-0.05, 0) is 18.9 Å². The molecule has 0 heterocycles. The van der Waals surface area contributed by atoms with Crippen LogP contribution in [0.2, 0.25) is 0 Å². The SMILES string of the molecule is NCCC1CCCCC1.OCl. The first-order valence-corrected chi connectivity index (χ1v) is 4.64. The van der Waals surface area contributed by atoms with Crippen molar-refractivity contribution in [3.63, 3.8) is 0 Å². The van der Waals surface area contributed by atoms with Crippen LogP contribution in [0, 0.1) is 5.92 Å². The van der Waals surface area contributed by atoms with Gasteiger partial charge < -0.3 is 5.73 Å². The Bertz CT molecular complexity index is 71.7. The van der Waals surface area contributed by atoms with Crippen LogP contribution in [0.5, 0.6) is 0 Å². The normalized spacial score (nSPS) is 18.8. The van der Waals surface area contributed by atoms with Crippen molar-refractivity contribution in [2.45, 2.75) is 38.5 Å². The van der Waals surface area contributed by atoms with Crippen molar-refractivity contribution >= 4 is 11.9 Å². The van der Waals surface area contributed by atoms with E-state index in [-0.39, 0.29) is 0 Å². The maximum Gasteiger partial charge on any atom is 0.0579 e. The molecule has 0 radical (unpaired) electrons. The molecule has 1 aliphatic rings. The third kappa shape index (κ3) is 5.48. The fraction of sp³-hybridized carbons (Fsp3) is 1.00. The van der Waals surface area contributed by atoms with Crippen LogP contribution < -0.4 is 5.73 Å². The summed E-state index contributed by atoms with van der Waals surface area (Å²) in [6.45, 7) is 0.894. The van der Waals surface area contributed by atoms with Crippen molar-refractivity contribution in [2.75, 3.05) is 6.54 Å². The van der Waals surface area contributed by atoms with Gasteiger partial charge in [-0.25, -0.2) is 0 Å². The van der Waals surface area contributed by atoms with Gasteiger partial charge >= 0.3 is 0 Å². The lowest BCUT2D eigenvalue weighted by Gasteiger charge is -2.20. The fourth-order valence-corrected chi connectivity index (χ4v) is 1.71. The smallest absolute Gasteiger partial charge is 0.0579 e. The highest BCUT2D eigenvalue weighted by Gasteiger charge is 2.11. The van der Waals surface area contributed by atoms with E-state index in [1.54, 1.807) is 0 Å². The molecule has 3 N–H and O–H groups in total. The summed E-state index contributed by atoms with van der Waals surface area (Å²) in [5.74, 6) is 0.976. The molecule has 0 atom stereocenters. The Morgan fingerprint density at radius 2 is 1.73 bits per heavy atom. The number of hydrogen-bond donors (Lipinski definition) is 2. The molecule has 1 aliphatic carbocycles. The molecule has 1 saturated carbocycles. The highest BCUT2D eigenvalue weighted by Crippen LogP contribution is 2.25. The lowest BCUT2D eigenvalue weighted by atomic mass is 9.87. The molecule has 0 aromatic heterocycles. The summed E-state index contributed by atoms with van der Waals surface area (Å²) in [4.78, 5) is 0. The summed E-state index contributed by atoms with van der Waals surface area (Å²) in [5.41, 5.74) is 5.46. The zero-order chi connectivity index (χ0) is 8.53. The quantitative estimate of drug-likeness (QED) is 0.682. The van der Waals surface area contributed by atoms with Gasteiger partial charge in [-0.15, -0.1) is 0 Å². The lowest BCUT2D eigenvalue weighted by Crippen LogP contribution is -2.11. The van der Waals surface area contributed by atoms with Gasteiger partial charge in [0.1, 0.15) is 0 Å². The molecule has 2 nitrogen and oxygen atoms in total. The Morgan fingerprint density at radius 1 is 1.18 bits per heavy atom. The van der Waals surface area contributed by atoms with E-state index in [0.717, 1.165) is 12.5 Å². The minimum atomic E-state index is 0.894. The second kappa shape index (κ2) is 8.31.